The Morgan fingerprint density at radius 2 is 1.56 bits per heavy atom. The summed E-state index contributed by atoms with van der Waals surface area (Å²) < 4.78 is 5.29. The van der Waals surface area contributed by atoms with Gasteiger partial charge in [-0.2, -0.15) is 0 Å². The lowest BCUT2D eigenvalue weighted by Gasteiger charge is -2.01. The molecule has 4 nitrogen and oxygen atoms in total. The molecule has 2 N–H and O–H groups in total. The van der Waals surface area contributed by atoms with Gasteiger partial charge < -0.3 is 19.7 Å². The first kappa shape index (κ1) is 25.5. The van der Waals surface area contributed by atoms with E-state index in [-0.39, 0.29) is 0 Å². The van der Waals surface area contributed by atoms with Gasteiger partial charge in [0.05, 0.1) is 6.61 Å². The molecule has 1 aromatic rings. The van der Waals surface area contributed by atoms with Crippen molar-refractivity contribution >= 4 is 6.79 Å². The molecule has 0 spiro atoms. The normalized spacial score (nSPS) is 6.44. The summed E-state index contributed by atoms with van der Waals surface area (Å²) in [6, 6.07) is 8.06. The SMILES string of the molecule is C=O.CC.CCOc1cccc(C)c1.CO.CO. The van der Waals surface area contributed by atoms with Crippen molar-refractivity contribution in [1.82, 2.24) is 0 Å². The molecule has 0 saturated heterocycles. The van der Waals surface area contributed by atoms with Crippen molar-refractivity contribution in [3.05, 3.63) is 29.8 Å². The van der Waals surface area contributed by atoms with Crippen molar-refractivity contribution in [2.24, 2.45) is 0 Å². The Bertz CT molecular complexity index is 227. The minimum absolute atomic E-state index is 0.740. The fourth-order valence-corrected chi connectivity index (χ4v) is 0.872. The summed E-state index contributed by atoms with van der Waals surface area (Å²) in [5.41, 5.74) is 1.24. The summed E-state index contributed by atoms with van der Waals surface area (Å²) in [5, 5.41) is 14.0. The number of rotatable bonds is 2. The van der Waals surface area contributed by atoms with E-state index in [1.807, 2.05) is 45.8 Å². The number of hydrogen-bond acceptors (Lipinski definition) is 4. The molecule has 0 bridgehead atoms. The summed E-state index contributed by atoms with van der Waals surface area (Å²) in [6.45, 7) is 10.8. The predicted molar refractivity (Wildman–Crippen MR) is 77.1 cm³/mol. The Kier molecular flexibility index (Phi) is 41.9. The fraction of sp³-hybridized carbons (Fsp3) is 0.500. The van der Waals surface area contributed by atoms with Crippen molar-refractivity contribution < 1.29 is 19.7 Å². The van der Waals surface area contributed by atoms with Crippen molar-refractivity contribution in [2.75, 3.05) is 20.8 Å². The van der Waals surface area contributed by atoms with Crippen LogP contribution in [-0.2, 0) is 4.79 Å². The molecule has 0 fully saturated rings. The zero-order valence-electron chi connectivity index (χ0n) is 12.4. The van der Waals surface area contributed by atoms with Gasteiger partial charge in [-0.1, -0.05) is 26.0 Å². The van der Waals surface area contributed by atoms with Gasteiger partial charge in [-0.3, -0.25) is 0 Å². The van der Waals surface area contributed by atoms with Gasteiger partial charge in [0.25, 0.3) is 0 Å². The molecule has 4 heteroatoms. The van der Waals surface area contributed by atoms with E-state index in [2.05, 4.69) is 13.0 Å². The highest BCUT2D eigenvalue weighted by Crippen LogP contribution is 2.11. The van der Waals surface area contributed by atoms with Crippen LogP contribution >= 0.6 is 0 Å². The third-order valence-electron chi connectivity index (χ3n) is 1.30. The molecule has 0 amide bonds. The van der Waals surface area contributed by atoms with E-state index in [1.165, 1.54) is 5.56 Å². The molecule has 1 aromatic carbocycles. The van der Waals surface area contributed by atoms with Crippen LogP contribution in [0.4, 0.5) is 0 Å². The molecule has 0 radical (unpaired) electrons. The number of ether oxygens (including phenoxy) is 1. The lowest BCUT2D eigenvalue weighted by atomic mass is 10.2. The number of benzene rings is 1. The Balaban J connectivity index is -0.000000105. The zero-order chi connectivity index (χ0) is 15.4. The highest BCUT2D eigenvalue weighted by atomic mass is 16.5. The maximum Gasteiger partial charge on any atom is 0.119 e. The number of carbonyl (C=O) groups excluding carboxylic acids is 1. The van der Waals surface area contributed by atoms with Gasteiger partial charge in [-0.25, -0.2) is 0 Å². The van der Waals surface area contributed by atoms with Crippen molar-refractivity contribution in [3.63, 3.8) is 0 Å². The minimum Gasteiger partial charge on any atom is -0.494 e. The topological polar surface area (TPSA) is 66.8 Å². The van der Waals surface area contributed by atoms with Crippen LogP contribution in [0.25, 0.3) is 0 Å². The maximum atomic E-state index is 8.00. The van der Waals surface area contributed by atoms with Gasteiger partial charge in [-0.15, -0.1) is 0 Å². The molecule has 108 valence electrons. The highest BCUT2D eigenvalue weighted by molar-refractivity contribution is 5.27. The quantitative estimate of drug-likeness (QED) is 0.857. The van der Waals surface area contributed by atoms with Crippen LogP contribution < -0.4 is 4.74 Å². The van der Waals surface area contributed by atoms with Gasteiger partial charge in [0, 0.05) is 14.2 Å². The Morgan fingerprint density at radius 1 is 1.11 bits per heavy atom. The molecule has 0 aliphatic carbocycles. The lowest BCUT2D eigenvalue weighted by Crippen LogP contribution is -1.90. The van der Waals surface area contributed by atoms with E-state index in [0.717, 1.165) is 26.6 Å². The van der Waals surface area contributed by atoms with Crippen LogP contribution in [0.5, 0.6) is 5.75 Å². The van der Waals surface area contributed by atoms with E-state index < -0.39 is 0 Å². The average Bonchev–Trinajstić information content (AvgIpc) is 2.48. The van der Waals surface area contributed by atoms with Crippen molar-refractivity contribution in [2.45, 2.75) is 27.7 Å². The summed E-state index contributed by atoms with van der Waals surface area (Å²) in [4.78, 5) is 8.00. The van der Waals surface area contributed by atoms with E-state index in [4.69, 9.17) is 19.7 Å². The maximum absolute atomic E-state index is 8.00. The van der Waals surface area contributed by atoms with Crippen LogP contribution in [0.3, 0.4) is 0 Å². The number of aryl methyl sites for hydroxylation is 1. The van der Waals surface area contributed by atoms with Crippen LogP contribution in [0, 0.1) is 6.92 Å². The van der Waals surface area contributed by atoms with Gasteiger partial charge in [-0.05, 0) is 31.5 Å². The first-order chi connectivity index (χ1) is 8.83. The molecule has 0 heterocycles. The minimum atomic E-state index is 0.740. The van der Waals surface area contributed by atoms with Gasteiger partial charge in [0.15, 0.2) is 0 Å². The molecule has 1 rings (SSSR count). The second kappa shape index (κ2) is 29.6. The smallest absolute Gasteiger partial charge is 0.119 e. The van der Waals surface area contributed by atoms with Gasteiger partial charge in [0.1, 0.15) is 12.5 Å². The van der Waals surface area contributed by atoms with Gasteiger partial charge >= 0.3 is 0 Å². The number of carbonyl (C=O) groups is 1. The summed E-state index contributed by atoms with van der Waals surface area (Å²) in [5.74, 6) is 0.961. The first-order valence-electron chi connectivity index (χ1n) is 5.70. The molecule has 0 aromatic heterocycles. The fourth-order valence-electron chi connectivity index (χ4n) is 0.872. The van der Waals surface area contributed by atoms with Crippen LogP contribution in [-0.4, -0.2) is 37.8 Å². The first-order valence-corrected chi connectivity index (χ1v) is 5.70. The average molecular weight is 260 g/mol. The van der Waals surface area contributed by atoms with E-state index in [0.29, 0.717) is 0 Å². The number of aliphatic hydroxyl groups is 2. The lowest BCUT2D eigenvalue weighted by molar-refractivity contribution is -0.0979. The summed E-state index contributed by atoms with van der Waals surface area (Å²) >= 11 is 0. The Labute approximate surface area is 111 Å². The van der Waals surface area contributed by atoms with Crippen LogP contribution in [0.2, 0.25) is 0 Å². The monoisotopic (exact) mass is 260 g/mol. The van der Waals surface area contributed by atoms with Crippen molar-refractivity contribution in [1.29, 1.82) is 0 Å². The molecular formula is C14H28O4. The van der Waals surface area contributed by atoms with Crippen molar-refractivity contribution in [3.8, 4) is 5.75 Å². The molecule has 0 saturated carbocycles. The molecule has 0 aliphatic rings. The molecule has 0 unspecified atom stereocenters. The predicted octanol–water partition coefficient (Wildman–Crippen LogP) is 2.45. The number of aliphatic hydroxyl groups excluding tert-OH is 2. The molecule has 0 aliphatic heterocycles. The third-order valence-corrected chi connectivity index (χ3v) is 1.30. The summed E-state index contributed by atoms with van der Waals surface area (Å²) in [7, 11) is 2.00. The molecule has 0 atom stereocenters. The highest BCUT2D eigenvalue weighted by Gasteiger charge is 1.89. The second-order valence-electron chi connectivity index (χ2n) is 2.25. The van der Waals surface area contributed by atoms with E-state index in [9.17, 15) is 0 Å². The second-order valence-corrected chi connectivity index (χ2v) is 2.25. The van der Waals surface area contributed by atoms with Gasteiger partial charge in [0.2, 0.25) is 0 Å². The number of hydrogen-bond donors (Lipinski definition) is 2. The van der Waals surface area contributed by atoms with E-state index in [1.54, 1.807) is 0 Å². The molecule has 18 heavy (non-hydrogen) atoms. The summed E-state index contributed by atoms with van der Waals surface area (Å²) in [6.07, 6.45) is 0. The largest absolute Gasteiger partial charge is 0.494 e. The Hall–Kier alpha value is -1.39. The van der Waals surface area contributed by atoms with E-state index >= 15 is 0 Å². The Morgan fingerprint density at radius 3 is 1.89 bits per heavy atom. The van der Waals surface area contributed by atoms with Crippen LogP contribution in [0.1, 0.15) is 26.3 Å². The zero-order valence-corrected chi connectivity index (χ0v) is 12.4. The molecular weight excluding hydrogens is 232 g/mol. The van der Waals surface area contributed by atoms with Crippen LogP contribution in [0.15, 0.2) is 24.3 Å². The third kappa shape index (κ3) is 20.1. The standard InChI is InChI=1S/C9H12O.C2H6.2CH4O.CH2O/c1-3-10-9-6-4-5-8(2)7-9;4*1-2/h4-7H,3H2,1-2H3;1-2H3;2*2H,1H3;1H2.